The van der Waals surface area contributed by atoms with Crippen LogP contribution in [-0.4, -0.2) is 11.1 Å². The van der Waals surface area contributed by atoms with Gasteiger partial charge in [-0.05, 0) is 42.9 Å². The van der Waals surface area contributed by atoms with Gasteiger partial charge in [0.1, 0.15) is 0 Å². The Labute approximate surface area is 79.3 Å². The van der Waals surface area contributed by atoms with Gasteiger partial charge in [-0.2, -0.15) is 0 Å². The van der Waals surface area contributed by atoms with Gasteiger partial charge < -0.3 is 5.11 Å². The van der Waals surface area contributed by atoms with E-state index < -0.39 is 5.97 Å². The molecule has 2 heteroatoms. The van der Waals surface area contributed by atoms with E-state index in [4.69, 9.17) is 5.11 Å². The summed E-state index contributed by atoms with van der Waals surface area (Å²) in [5, 5.41) is 9.15. The number of carbonyl (C=O) groups is 1. The van der Waals surface area contributed by atoms with E-state index in [0.717, 1.165) is 6.42 Å². The third kappa shape index (κ3) is 1.27. The molecule has 0 heterocycles. The Morgan fingerprint density at radius 1 is 1.31 bits per heavy atom. The molecule has 2 aliphatic carbocycles. The average molecular weight is 182 g/mol. The zero-order valence-electron chi connectivity index (χ0n) is 8.36. The van der Waals surface area contributed by atoms with Gasteiger partial charge in [0.2, 0.25) is 0 Å². The third-order valence-electron chi connectivity index (χ3n) is 4.04. The molecule has 2 bridgehead atoms. The van der Waals surface area contributed by atoms with E-state index in [-0.39, 0.29) is 5.92 Å². The summed E-state index contributed by atoms with van der Waals surface area (Å²) in [4.78, 5) is 11.1. The number of hydrogen-bond donors (Lipinski definition) is 1. The highest BCUT2D eigenvalue weighted by atomic mass is 16.4. The van der Waals surface area contributed by atoms with Crippen LogP contribution in [0, 0.1) is 29.6 Å². The van der Waals surface area contributed by atoms with Crippen LogP contribution in [-0.2, 0) is 4.79 Å². The Hall–Kier alpha value is -0.530. The molecule has 0 aliphatic heterocycles. The summed E-state index contributed by atoms with van der Waals surface area (Å²) in [6.07, 6.45) is 3.61. The number of carboxylic acid groups (broad SMARTS) is 1. The van der Waals surface area contributed by atoms with Crippen LogP contribution in [0.2, 0.25) is 0 Å². The molecule has 0 unspecified atom stereocenters. The monoisotopic (exact) mass is 182 g/mol. The number of carboxylic acids is 1. The van der Waals surface area contributed by atoms with Crippen molar-refractivity contribution < 1.29 is 9.90 Å². The molecule has 0 saturated heterocycles. The molecule has 0 aromatic heterocycles. The van der Waals surface area contributed by atoms with E-state index in [0.29, 0.717) is 23.7 Å². The fourth-order valence-electron chi connectivity index (χ4n) is 3.66. The van der Waals surface area contributed by atoms with Crippen LogP contribution in [0.1, 0.15) is 33.1 Å². The molecule has 0 amide bonds. The van der Waals surface area contributed by atoms with E-state index in [2.05, 4.69) is 13.8 Å². The fraction of sp³-hybridized carbons (Fsp3) is 0.909. The highest BCUT2D eigenvalue weighted by Crippen LogP contribution is 2.54. The molecule has 13 heavy (non-hydrogen) atoms. The molecule has 2 rings (SSSR count). The van der Waals surface area contributed by atoms with Gasteiger partial charge in [-0.1, -0.05) is 13.8 Å². The van der Waals surface area contributed by atoms with Crippen molar-refractivity contribution in [2.75, 3.05) is 0 Å². The Kier molecular flexibility index (Phi) is 2.09. The molecule has 1 N–H and O–H groups in total. The Morgan fingerprint density at radius 2 is 1.92 bits per heavy atom. The quantitative estimate of drug-likeness (QED) is 0.712. The topological polar surface area (TPSA) is 37.3 Å². The maximum Gasteiger partial charge on any atom is 0.307 e. The van der Waals surface area contributed by atoms with Crippen LogP contribution in [0.25, 0.3) is 0 Å². The second-order valence-corrected chi connectivity index (χ2v) is 5.02. The lowest BCUT2D eigenvalue weighted by atomic mass is 9.73. The minimum Gasteiger partial charge on any atom is -0.481 e. The van der Waals surface area contributed by atoms with Crippen molar-refractivity contribution in [1.82, 2.24) is 0 Å². The first-order valence-corrected chi connectivity index (χ1v) is 5.34. The normalized spacial score (nSPS) is 43.0. The van der Waals surface area contributed by atoms with Crippen molar-refractivity contribution in [3.63, 3.8) is 0 Å². The first-order chi connectivity index (χ1) is 6.11. The summed E-state index contributed by atoms with van der Waals surface area (Å²) in [6.45, 7) is 4.34. The second kappa shape index (κ2) is 3.00. The smallest absolute Gasteiger partial charge is 0.307 e. The fourth-order valence-corrected chi connectivity index (χ4v) is 3.66. The zero-order chi connectivity index (χ0) is 9.59. The maximum absolute atomic E-state index is 11.1. The lowest BCUT2D eigenvalue weighted by molar-refractivity contribution is -0.146. The molecular formula is C11H18O2. The van der Waals surface area contributed by atoms with Crippen molar-refractivity contribution in [2.45, 2.75) is 33.1 Å². The SMILES string of the molecule is CC(C)[C@@H]1[C@@H]2CC[C@@H](C2)[C@@H]1C(=O)O. The summed E-state index contributed by atoms with van der Waals surface area (Å²) in [6, 6.07) is 0. The summed E-state index contributed by atoms with van der Waals surface area (Å²) < 4.78 is 0. The van der Waals surface area contributed by atoms with Gasteiger partial charge in [0.15, 0.2) is 0 Å². The average Bonchev–Trinajstić information content (AvgIpc) is 2.60. The van der Waals surface area contributed by atoms with Crippen LogP contribution in [0.3, 0.4) is 0 Å². The Bertz CT molecular complexity index is 222. The van der Waals surface area contributed by atoms with Gasteiger partial charge in [0.05, 0.1) is 5.92 Å². The van der Waals surface area contributed by atoms with Crippen molar-refractivity contribution >= 4 is 5.97 Å². The molecule has 2 saturated carbocycles. The first-order valence-electron chi connectivity index (χ1n) is 5.34. The molecule has 0 radical (unpaired) electrons. The number of fused-ring (bicyclic) bond motifs is 2. The molecule has 0 aromatic rings. The van der Waals surface area contributed by atoms with Crippen molar-refractivity contribution in [3.05, 3.63) is 0 Å². The van der Waals surface area contributed by atoms with E-state index in [1.807, 2.05) is 0 Å². The van der Waals surface area contributed by atoms with Gasteiger partial charge in [0.25, 0.3) is 0 Å². The molecule has 4 atom stereocenters. The molecule has 2 nitrogen and oxygen atoms in total. The molecule has 2 fully saturated rings. The van der Waals surface area contributed by atoms with Gasteiger partial charge in [-0.15, -0.1) is 0 Å². The van der Waals surface area contributed by atoms with Crippen LogP contribution < -0.4 is 0 Å². The van der Waals surface area contributed by atoms with E-state index in [1.54, 1.807) is 0 Å². The maximum atomic E-state index is 11.1. The molecule has 0 spiro atoms. The van der Waals surface area contributed by atoms with Gasteiger partial charge in [0, 0.05) is 0 Å². The van der Waals surface area contributed by atoms with Crippen molar-refractivity contribution in [2.24, 2.45) is 29.6 Å². The van der Waals surface area contributed by atoms with Crippen LogP contribution in [0.15, 0.2) is 0 Å². The van der Waals surface area contributed by atoms with Crippen LogP contribution in [0.5, 0.6) is 0 Å². The minimum absolute atomic E-state index is 0.0289. The predicted octanol–water partition coefficient (Wildman–Crippen LogP) is 2.39. The van der Waals surface area contributed by atoms with Crippen LogP contribution in [0.4, 0.5) is 0 Å². The number of hydrogen-bond acceptors (Lipinski definition) is 1. The van der Waals surface area contributed by atoms with E-state index in [9.17, 15) is 4.79 Å². The number of aliphatic carboxylic acids is 1. The first kappa shape index (κ1) is 9.04. The van der Waals surface area contributed by atoms with E-state index in [1.165, 1.54) is 12.8 Å². The molecule has 0 aromatic carbocycles. The highest BCUT2D eigenvalue weighted by molar-refractivity contribution is 5.71. The third-order valence-corrected chi connectivity index (χ3v) is 4.04. The van der Waals surface area contributed by atoms with Gasteiger partial charge >= 0.3 is 5.97 Å². The van der Waals surface area contributed by atoms with Gasteiger partial charge in [-0.3, -0.25) is 4.79 Å². The van der Waals surface area contributed by atoms with Crippen LogP contribution >= 0.6 is 0 Å². The molecular weight excluding hydrogens is 164 g/mol. The molecule has 74 valence electrons. The van der Waals surface area contributed by atoms with E-state index >= 15 is 0 Å². The summed E-state index contributed by atoms with van der Waals surface area (Å²) in [7, 11) is 0. The highest BCUT2D eigenvalue weighted by Gasteiger charge is 2.51. The Balaban J connectivity index is 2.20. The molecule has 2 aliphatic rings. The Morgan fingerprint density at radius 3 is 2.38 bits per heavy atom. The van der Waals surface area contributed by atoms with Crippen molar-refractivity contribution in [1.29, 1.82) is 0 Å². The minimum atomic E-state index is -0.550. The van der Waals surface area contributed by atoms with Crippen molar-refractivity contribution in [3.8, 4) is 0 Å². The summed E-state index contributed by atoms with van der Waals surface area (Å²) in [5.41, 5.74) is 0. The number of rotatable bonds is 2. The second-order valence-electron chi connectivity index (χ2n) is 5.02. The zero-order valence-corrected chi connectivity index (χ0v) is 8.36. The summed E-state index contributed by atoms with van der Waals surface area (Å²) >= 11 is 0. The predicted molar refractivity (Wildman–Crippen MR) is 50.3 cm³/mol. The lowest BCUT2D eigenvalue weighted by Crippen LogP contribution is -2.32. The standard InChI is InChI=1S/C11H18O2/c1-6(2)9-7-3-4-8(5-7)10(9)11(12)13/h6-10H,3-5H2,1-2H3,(H,12,13)/t7-,8+,9-,10+/m1/s1. The van der Waals surface area contributed by atoms with Gasteiger partial charge in [-0.25, -0.2) is 0 Å². The summed E-state index contributed by atoms with van der Waals surface area (Å²) in [5.74, 6) is 1.62. The lowest BCUT2D eigenvalue weighted by Gasteiger charge is -2.30. The largest absolute Gasteiger partial charge is 0.481 e.